The molecule has 0 fully saturated rings. The smallest absolute Gasteiger partial charge is 0.382 e. The van der Waals surface area contributed by atoms with E-state index in [0.29, 0.717) is 48.0 Å². The van der Waals surface area contributed by atoms with E-state index in [4.69, 9.17) is 0 Å². The number of benzene rings is 2. The van der Waals surface area contributed by atoms with E-state index in [-0.39, 0.29) is 6.03 Å². The predicted molar refractivity (Wildman–Crippen MR) is 134 cm³/mol. The average Bonchev–Trinajstić information content (AvgIpc) is 3.11. The Bertz CT molecular complexity index is 1390. The molecule has 0 aliphatic carbocycles. The van der Waals surface area contributed by atoms with Crippen molar-refractivity contribution in [3.8, 4) is 22.5 Å². The largest absolute Gasteiger partial charge is 0.416 e. The van der Waals surface area contributed by atoms with Gasteiger partial charge in [-0.3, -0.25) is 9.88 Å². The standard InChI is InChI=1S/C27H22F3N5O/c28-27(29,30)20-8-3-6-18(16-20)23-11-12-24-25(34-23)35(15-5-14-32-24)26(36)33-21-9-4-7-19(17-21)22-10-1-2-13-31-22/h1-4,6-13,16-17,32H,5,14-15H2,(H,33,36). The van der Waals surface area contributed by atoms with E-state index in [1.54, 1.807) is 30.5 Å². The number of anilines is 3. The van der Waals surface area contributed by atoms with Gasteiger partial charge in [0.25, 0.3) is 0 Å². The summed E-state index contributed by atoms with van der Waals surface area (Å²) in [7, 11) is 0. The van der Waals surface area contributed by atoms with Crippen molar-refractivity contribution in [2.24, 2.45) is 0 Å². The van der Waals surface area contributed by atoms with E-state index in [1.165, 1.54) is 11.0 Å². The van der Waals surface area contributed by atoms with Gasteiger partial charge in [0, 0.05) is 36.1 Å². The first-order valence-electron chi connectivity index (χ1n) is 11.4. The minimum atomic E-state index is -4.46. The van der Waals surface area contributed by atoms with Crippen LogP contribution in [-0.4, -0.2) is 29.1 Å². The SMILES string of the molecule is O=C(Nc1cccc(-c2ccccn2)c1)N1CCCNc2ccc(-c3cccc(C(F)(F)F)c3)nc21. The molecule has 5 rings (SSSR count). The molecule has 3 heterocycles. The summed E-state index contributed by atoms with van der Waals surface area (Å²) >= 11 is 0. The molecule has 36 heavy (non-hydrogen) atoms. The molecule has 9 heteroatoms. The summed E-state index contributed by atoms with van der Waals surface area (Å²) in [6, 6.07) is 21.0. The van der Waals surface area contributed by atoms with E-state index < -0.39 is 11.7 Å². The summed E-state index contributed by atoms with van der Waals surface area (Å²) < 4.78 is 39.7. The van der Waals surface area contributed by atoms with Crippen molar-refractivity contribution in [2.45, 2.75) is 12.6 Å². The summed E-state index contributed by atoms with van der Waals surface area (Å²) in [6.07, 6.45) is -2.08. The van der Waals surface area contributed by atoms with Gasteiger partial charge in [-0.05, 0) is 55.0 Å². The van der Waals surface area contributed by atoms with Crippen LogP contribution in [0.4, 0.5) is 35.2 Å². The summed E-state index contributed by atoms with van der Waals surface area (Å²) in [5.41, 5.74) is 2.79. The second-order valence-electron chi connectivity index (χ2n) is 8.30. The van der Waals surface area contributed by atoms with Crippen LogP contribution in [0.5, 0.6) is 0 Å². The van der Waals surface area contributed by atoms with Crippen LogP contribution in [0.1, 0.15) is 12.0 Å². The van der Waals surface area contributed by atoms with Crippen molar-refractivity contribution in [1.29, 1.82) is 0 Å². The first-order chi connectivity index (χ1) is 17.4. The van der Waals surface area contributed by atoms with E-state index in [1.807, 2.05) is 36.4 Å². The monoisotopic (exact) mass is 489 g/mol. The fourth-order valence-corrected chi connectivity index (χ4v) is 4.05. The van der Waals surface area contributed by atoms with Gasteiger partial charge in [-0.25, -0.2) is 9.78 Å². The van der Waals surface area contributed by atoms with E-state index in [0.717, 1.165) is 23.4 Å². The minimum Gasteiger partial charge on any atom is -0.382 e. The number of carbonyl (C=O) groups is 1. The average molecular weight is 490 g/mol. The second kappa shape index (κ2) is 9.69. The number of aromatic nitrogens is 2. The lowest BCUT2D eigenvalue weighted by atomic mass is 10.1. The van der Waals surface area contributed by atoms with Crippen LogP contribution < -0.4 is 15.5 Å². The van der Waals surface area contributed by atoms with Gasteiger partial charge in [-0.15, -0.1) is 0 Å². The number of urea groups is 1. The highest BCUT2D eigenvalue weighted by Gasteiger charge is 2.31. The van der Waals surface area contributed by atoms with Gasteiger partial charge in [0.2, 0.25) is 0 Å². The number of hydrogen-bond donors (Lipinski definition) is 2. The fraction of sp³-hybridized carbons (Fsp3) is 0.148. The summed E-state index contributed by atoms with van der Waals surface area (Å²) in [5.74, 6) is 0.362. The van der Waals surface area contributed by atoms with Crippen molar-refractivity contribution in [3.63, 3.8) is 0 Å². The topological polar surface area (TPSA) is 70.2 Å². The molecule has 4 aromatic rings. The van der Waals surface area contributed by atoms with Crippen LogP contribution in [0.15, 0.2) is 85.1 Å². The van der Waals surface area contributed by atoms with Gasteiger partial charge in [0.15, 0.2) is 5.82 Å². The molecule has 0 spiro atoms. The van der Waals surface area contributed by atoms with E-state index in [2.05, 4.69) is 20.6 Å². The van der Waals surface area contributed by atoms with E-state index >= 15 is 0 Å². The molecule has 182 valence electrons. The van der Waals surface area contributed by atoms with Crippen molar-refractivity contribution >= 4 is 23.2 Å². The summed E-state index contributed by atoms with van der Waals surface area (Å²) in [6.45, 7) is 1.03. The molecule has 6 nitrogen and oxygen atoms in total. The number of hydrogen-bond acceptors (Lipinski definition) is 4. The Balaban J connectivity index is 1.44. The van der Waals surface area contributed by atoms with Crippen LogP contribution in [0.2, 0.25) is 0 Å². The number of alkyl halides is 3. The van der Waals surface area contributed by atoms with Gasteiger partial charge in [-0.2, -0.15) is 13.2 Å². The molecule has 1 aliphatic heterocycles. The first kappa shape index (κ1) is 23.3. The second-order valence-corrected chi connectivity index (χ2v) is 8.30. The van der Waals surface area contributed by atoms with Crippen molar-refractivity contribution in [3.05, 3.63) is 90.6 Å². The Morgan fingerprint density at radius 2 is 1.72 bits per heavy atom. The zero-order chi connectivity index (χ0) is 25.1. The molecule has 2 aromatic heterocycles. The van der Waals surface area contributed by atoms with Crippen LogP contribution in [0, 0.1) is 0 Å². The Hall–Kier alpha value is -4.40. The Morgan fingerprint density at radius 3 is 2.50 bits per heavy atom. The zero-order valence-corrected chi connectivity index (χ0v) is 19.1. The molecule has 0 radical (unpaired) electrons. The van der Waals surface area contributed by atoms with Gasteiger partial charge >= 0.3 is 12.2 Å². The number of nitrogens with one attached hydrogen (secondary N) is 2. The van der Waals surface area contributed by atoms with Crippen LogP contribution in [0.3, 0.4) is 0 Å². The van der Waals surface area contributed by atoms with E-state index in [9.17, 15) is 18.0 Å². The van der Waals surface area contributed by atoms with Gasteiger partial charge in [-0.1, -0.05) is 30.3 Å². The minimum absolute atomic E-state index is 0.320. The molecule has 0 unspecified atom stereocenters. The lowest BCUT2D eigenvalue weighted by Crippen LogP contribution is -2.36. The van der Waals surface area contributed by atoms with Crippen molar-refractivity contribution < 1.29 is 18.0 Å². The third kappa shape index (κ3) is 5.00. The number of carbonyl (C=O) groups excluding carboxylic acids is 1. The third-order valence-electron chi connectivity index (χ3n) is 5.81. The number of rotatable bonds is 3. The van der Waals surface area contributed by atoms with Gasteiger partial charge < -0.3 is 10.6 Å². The van der Waals surface area contributed by atoms with Crippen LogP contribution >= 0.6 is 0 Å². The molecule has 2 amide bonds. The quantitative estimate of drug-likeness (QED) is 0.337. The highest BCUT2D eigenvalue weighted by molar-refractivity contribution is 6.03. The lowest BCUT2D eigenvalue weighted by Gasteiger charge is -2.22. The molecule has 2 N–H and O–H groups in total. The number of pyridine rings is 2. The summed E-state index contributed by atoms with van der Waals surface area (Å²) in [5, 5.41) is 6.17. The Kier molecular flexibility index (Phi) is 6.28. The molecule has 0 saturated heterocycles. The molecule has 0 atom stereocenters. The fourth-order valence-electron chi connectivity index (χ4n) is 4.05. The molecule has 0 bridgehead atoms. The predicted octanol–water partition coefficient (Wildman–Crippen LogP) is 6.68. The third-order valence-corrected chi connectivity index (χ3v) is 5.81. The number of fused-ring (bicyclic) bond motifs is 1. The maximum Gasteiger partial charge on any atom is 0.416 e. The molecular weight excluding hydrogens is 467 g/mol. The molecule has 1 aliphatic rings. The first-order valence-corrected chi connectivity index (χ1v) is 11.4. The highest BCUT2D eigenvalue weighted by Crippen LogP contribution is 2.34. The Morgan fingerprint density at radius 1 is 0.917 bits per heavy atom. The number of amides is 2. The van der Waals surface area contributed by atoms with Crippen LogP contribution in [0.25, 0.3) is 22.5 Å². The normalized spacial score (nSPS) is 13.4. The van der Waals surface area contributed by atoms with Crippen molar-refractivity contribution in [1.82, 2.24) is 9.97 Å². The van der Waals surface area contributed by atoms with Gasteiger partial charge in [0.1, 0.15) is 0 Å². The summed E-state index contributed by atoms with van der Waals surface area (Å²) in [4.78, 5) is 23.8. The molecule has 0 saturated carbocycles. The van der Waals surface area contributed by atoms with Crippen molar-refractivity contribution in [2.75, 3.05) is 28.6 Å². The number of nitrogens with zero attached hydrogens (tertiary/aromatic N) is 3. The number of halogens is 3. The Labute approximate surface area is 205 Å². The molecule has 2 aromatic carbocycles. The van der Waals surface area contributed by atoms with Gasteiger partial charge in [0.05, 0.1) is 22.6 Å². The maximum absolute atomic E-state index is 13.3. The van der Waals surface area contributed by atoms with Crippen LogP contribution in [-0.2, 0) is 6.18 Å². The lowest BCUT2D eigenvalue weighted by molar-refractivity contribution is -0.137. The highest BCUT2D eigenvalue weighted by atomic mass is 19.4. The molecular formula is C27H22F3N5O. The maximum atomic E-state index is 13.3. The zero-order valence-electron chi connectivity index (χ0n) is 19.1.